The van der Waals surface area contributed by atoms with E-state index in [-0.39, 0.29) is 0 Å². The zero-order valence-electron chi connectivity index (χ0n) is 10.8. The third kappa shape index (κ3) is 1.91. The van der Waals surface area contributed by atoms with Crippen LogP contribution in [0, 0.1) is 0 Å². The first-order chi connectivity index (χ1) is 10.3. The number of nitrogens with zero attached hydrogens (tertiary/aromatic N) is 4. The number of H-pyrrole nitrogens is 1. The van der Waals surface area contributed by atoms with E-state index in [0.717, 1.165) is 16.6 Å². The van der Waals surface area contributed by atoms with Crippen molar-refractivity contribution in [3.8, 4) is 22.8 Å². The number of nitrogens with one attached hydrogen (secondary N) is 1. The number of furan rings is 1. The largest absolute Gasteiger partial charge is 0.463 e. The molecule has 0 atom stereocenters. The molecule has 102 valence electrons. The first-order valence-electron chi connectivity index (χ1n) is 6.27. The van der Waals surface area contributed by atoms with Crippen LogP contribution < -0.4 is 5.73 Å². The Morgan fingerprint density at radius 3 is 3.05 bits per heavy atom. The number of hydrogen-bond acceptors (Lipinski definition) is 6. The van der Waals surface area contributed by atoms with Crippen LogP contribution in [0.25, 0.3) is 33.9 Å². The van der Waals surface area contributed by atoms with Crippen LogP contribution in [0.15, 0.2) is 47.6 Å². The highest BCUT2D eigenvalue weighted by molar-refractivity contribution is 5.91. The van der Waals surface area contributed by atoms with Crippen molar-refractivity contribution in [3.05, 3.63) is 43.2 Å². The molecule has 4 aromatic rings. The summed E-state index contributed by atoms with van der Waals surface area (Å²) in [6.07, 6.45) is 6.58. The molecule has 0 unspecified atom stereocenters. The Hall–Kier alpha value is -3.22. The Balaban J connectivity index is 1.93. The standard InChI is InChI=1S/C14H10N6O/c15-12-4-10(11-2-1-3-21-11)19-14(20-12)9-6-17-13-8(9)5-16-7-18-13/h1-7H,(H2,15,19,20)(H,16,17,18). The lowest BCUT2D eigenvalue weighted by atomic mass is 10.2. The summed E-state index contributed by atoms with van der Waals surface area (Å²) in [6.45, 7) is 0. The van der Waals surface area contributed by atoms with Crippen LogP contribution in [0.1, 0.15) is 0 Å². The highest BCUT2D eigenvalue weighted by atomic mass is 16.3. The lowest BCUT2D eigenvalue weighted by molar-refractivity contribution is 0.580. The topological polar surface area (TPSA) is 107 Å². The molecule has 3 N–H and O–H groups in total. The average Bonchev–Trinajstić information content (AvgIpc) is 3.16. The van der Waals surface area contributed by atoms with Crippen LogP contribution >= 0.6 is 0 Å². The Morgan fingerprint density at radius 2 is 2.19 bits per heavy atom. The number of aromatic nitrogens is 5. The molecule has 7 nitrogen and oxygen atoms in total. The third-order valence-electron chi connectivity index (χ3n) is 3.12. The molecule has 0 aliphatic heterocycles. The van der Waals surface area contributed by atoms with Crippen molar-refractivity contribution in [1.82, 2.24) is 24.9 Å². The van der Waals surface area contributed by atoms with Crippen molar-refractivity contribution in [1.29, 1.82) is 0 Å². The Bertz CT molecular complexity index is 912. The number of nitrogen functional groups attached to an aromatic ring is 1. The summed E-state index contributed by atoms with van der Waals surface area (Å²) in [4.78, 5) is 20.0. The maximum Gasteiger partial charge on any atom is 0.164 e. The molecule has 0 radical (unpaired) electrons. The SMILES string of the molecule is Nc1cc(-c2ccco2)nc(-c2c[nH]c3ncncc23)n1. The quantitative estimate of drug-likeness (QED) is 0.582. The zero-order valence-corrected chi connectivity index (χ0v) is 10.8. The minimum Gasteiger partial charge on any atom is -0.463 e. The third-order valence-corrected chi connectivity index (χ3v) is 3.12. The number of anilines is 1. The molecule has 0 aromatic carbocycles. The highest BCUT2D eigenvalue weighted by Gasteiger charge is 2.13. The molecular weight excluding hydrogens is 268 g/mol. The van der Waals surface area contributed by atoms with Gasteiger partial charge < -0.3 is 15.1 Å². The van der Waals surface area contributed by atoms with Gasteiger partial charge in [0, 0.05) is 29.4 Å². The summed E-state index contributed by atoms with van der Waals surface area (Å²) >= 11 is 0. The smallest absolute Gasteiger partial charge is 0.164 e. The first-order valence-corrected chi connectivity index (χ1v) is 6.27. The molecule has 0 amide bonds. The molecule has 4 rings (SSSR count). The fourth-order valence-electron chi connectivity index (χ4n) is 2.18. The first kappa shape index (κ1) is 11.6. The van der Waals surface area contributed by atoms with Crippen molar-refractivity contribution < 1.29 is 4.42 Å². The van der Waals surface area contributed by atoms with Crippen LogP contribution in [0.3, 0.4) is 0 Å². The fourth-order valence-corrected chi connectivity index (χ4v) is 2.18. The lowest BCUT2D eigenvalue weighted by Crippen LogP contribution is -1.97. The van der Waals surface area contributed by atoms with Crippen LogP contribution in [0.4, 0.5) is 5.82 Å². The molecule has 7 heteroatoms. The van der Waals surface area contributed by atoms with E-state index in [0.29, 0.717) is 23.1 Å². The van der Waals surface area contributed by atoms with E-state index < -0.39 is 0 Å². The average molecular weight is 278 g/mol. The molecule has 0 aliphatic carbocycles. The molecule has 0 bridgehead atoms. The van der Waals surface area contributed by atoms with Crippen LogP contribution in [0.2, 0.25) is 0 Å². The number of nitrogens with two attached hydrogens (primary N) is 1. The van der Waals surface area contributed by atoms with E-state index in [1.165, 1.54) is 6.33 Å². The molecule has 0 aliphatic rings. The van der Waals surface area contributed by atoms with Gasteiger partial charge in [0.2, 0.25) is 0 Å². The maximum atomic E-state index is 5.88. The van der Waals surface area contributed by atoms with E-state index >= 15 is 0 Å². The van der Waals surface area contributed by atoms with Gasteiger partial charge in [-0.05, 0) is 12.1 Å². The van der Waals surface area contributed by atoms with Crippen LogP contribution in [-0.2, 0) is 0 Å². The van der Waals surface area contributed by atoms with Crippen molar-refractivity contribution >= 4 is 16.9 Å². The number of aromatic amines is 1. The zero-order chi connectivity index (χ0) is 14.2. The molecule has 0 saturated heterocycles. The minimum absolute atomic E-state index is 0.373. The molecule has 0 fully saturated rings. The van der Waals surface area contributed by atoms with Gasteiger partial charge in [-0.2, -0.15) is 0 Å². The summed E-state index contributed by atoms with van der Waals surface area (Å²) in [5.41, 5.74) is 8.04. The molecule has 21 heavy (non-hydrogen) atoms. The second kappa shape index (κ2) is 4.41. The van der Waals surface area contributed by atoms with Crippen molar-refractivity contribution in [2.75, 3.05) is 5.73 Å². The minimum atomic E-state index is 0.373. The van der Waals surface area contributed by atoms with E-state index in [9.17, 15) is 0 Å². The summed E-state index contributed by atoms with van der Waals surface area (Å²) in [5.74, 6) is 1.52. The van der Waals surface area contributed by atoms with E-state index in [1.807, 2.05) is 6.07 Å². The molecule has 4 aromatic heterocycles. The second-order valence-corrected chi connectivity index (χ2v) is 4.47. The summed E-state index contributed by atoms with van der Waals surface area (Å²) in [7, 11) is 0. The second-order valence-electron chi connectivity index (χ2n) is 4.47. The monoisotopic (exact) mass is 278 g/mol. The Labute approximate surface area is 118 Å². The molecule has 0 spiro atoms. The molecule has 0 saturated carbocycles. The van der Waals surface area contributed by atoms with Gasteiger partial charge in [0.05, 0.1) is 6.26 Å². The van der Waals surface area contributed by atoms with Gasteiger partial charge in [-0.15, -0.1) is 0 Å². The molecule has 4 heterocycles. The predicted octanol–water partition coefficient (Wildman–Crippen LogP) is 2.26. The van der Waals surface area contributed by atoms with Gasteiger partial charge in [-0.25, -0.2) is 19.9 Å². The Morgan fingerprint density at radius 1 is 1.24 bits per heavy atom. The summed E-state index contributed by atoms with van der Waals surface area (Å²) in [6, 6.07) is 5.30. The summed E-state index contributed by atoms with van der Waals surface area (Å²) < 4.78 is 5.36. The van der Waals surface area contributed by atoms with E-state index in [4.69, 9.17) is 10.2 Å². The number of hydrogen-bond donors (Lipinski definition) is 2. The number of fused-ring (bicyclic) bond motifs is 1. The fraction of sp³-hybridized carbons (Fsp3) is 0. The van der Waals surface area contributed by atoms with Gasteiger partial charge in [0.25, 0.3) is 0 Å². The normalized spacial score (nSPS) is 11.0. The van der Waals surface area contributed by atoms with Gasteiger partial charge in [0.1, 0.15) is 23.5 Å². The van der Waals surface area contributed by atoms with Gasteiger partial charge in [-0.1, -0.05) is 0 Å². The highest BCUT2D eigenvalue weighted by Crippen LogP contribution is 2.27. The maximum absolute atomic E-state index is 5.88. The van der Waals surface area contributed by atoms with Crippen LogP contribution in [0.5, 0.6) is 0 Å². The van der Waals surface area contributed by atoms with Crippen molar-refractivity contribution in [2.24, 2.45) is 0 Å². The van der Waals surface area contributed by atoms with E-state index in [1.54, 1.807) is 30.8 Å². The van der Waals surface area contributed by atoms with Gasteiger partial charge >= 0.3 is 0 Å². The summed E-state index contributed by atoms with van der Waals surface area (Å²) in [5, 5.41) is 0.841. The number of rotatable bonds is 2. The van der Waals surface area contributed by atoms with E-state index in [2.05, 4.69) is 24.9 Å². The lowest BCUT2D eigenvalue weighted by Gasteiger charge is -2.03. The Kier molecular flexibility index (Phi) is 2.43. The predicted molar refractivity (Wildman–Crippen MR) is 77.0 cm³/mol. The molecular formula is C14H10N6O. The van der Waals surface area contributed by atoms with Crippen molar-refractivity contribution in [2.45, 2.75) is 0 Å². The van der Waals surface area contributed by atoms with Crippen LogP contribution in [-0.4, -0.2) is 24.9 Å². The van der Waals surface area contributed by atoms with Gasteiger partial charge in [-0.3, -0.25) is 0 Å². The van der Waals surface area contributed by atoms with Crippen molar-refractivity contribution in [3.63, 3.8) is 0 Å². The van der Waals surface area contributed by atoms with Gasteiger partial charge in [0.15, 0.2) is 11.6 Å².